The number of ether oxygens (including phenoxy) is 1. The molecule has 19 heavy (non-hydrogen) atoms. The van der Waals surface area contributed by atoms with Crippen LogP contribution in [-0.4, -0.2) is 22.2 Å². The Hall–Kier alpha value is -2.10. The summed E-state index contributed by atoms with van der Waals surface area (Å²) in [4.78, 5) is 12.2. The maximum absolute atomic E-state index is 12.2. The van der Waals surface area contributed by atoms with Gasteiger partial charge in [-0.3, -0.25) is 9.48 Å². The highest BCUT2D eigenvalue weighted by atomic mass is 16.5. The van der Waals surface area contributed by atoms with Gasteiger partial charge in [-0.1, -0.05) is 18.2 Å². The van der Waals surface area contributed by atoms with Gasteiger partial charge in [0.15, 0.2) is 5.78 Å². The van der Waals surface area contributed by atoms with E-state index in [0.29, 0.717) is 18.7 Å². The first-order valence-electron chi connectivity index (χ1n) is 6.48. The second-order valence-corrected chi connectivity index (χ2v) is 4.87. The maximum atomic E-state index is 12.2. The fourth-order valence-electron chi connectivity index (χ4n) is 2.52. The van der Waals surface area contributed by atoms with Crippen LogP contribution in [0.15, 0.2) is 36.5 Å². The Bertz CT molecular complexity index is 604. The lowest BCUT2D eigenvalue weighted by molar-refractivity contribution is 0.0960. The maximum Gasteiger partial charge on any atom is 0.183 e. The zero-order chi connectivity index (χ0) is 13.2. The number of hydrogen-bond donors (Lipinski definition) is 0. The molecule has 98 valence electrons. The lowest BCUT2D eigenvalue weighted by Gasteiger charge is -2.25. The van der Waals surface area contributed by atoms with Gasteiger partial charge in [-0.05, 0) is 30.0 Å². The molecule has 0 saturated heterocycles. The van der Waals surface area contributed by atoms with Gasteiger partial charge >= 0.3 is 0 Å². The summed E-state index contributed by atoms with van der Waals surface area (Å²) in [7, 11) is 1.82. The molecular formula is C15H16N2O2. The van der Waals surface area contributed by atoms with E-state index >= 15 is 0 Å². The van der Waals surface area contributed by atoms with Crippen molar-refractivity contribution in [2.24, 2.45) is 7.05 Å². The number of fused-ring (bicyclic) bond motifs is 1. The van der Waals surface area contributed by atoms with E-state index in [1.165, 1.54) is 0 Å². The number of para-hydroxylation sites is 1. The van der Waals surface area contributed by atoms with Gasteiger partial charge in [0, 0.05) is 19.7 Å². The predicted molar refractivity (Wildman–Crippen MR) is 71.5 cm³/mol. The fraction of sp³-hybridized carbons (Fsp3) is 0.333. The number of benzene rings is 1. The third-order valence-electron chi connectivity index (χ3n) is 3.51. The van der Waals surface area contributed by atoms with Gasteiger partial charge < -0.3 is 4.74 Å². The molecule has 0 spiro atoms. The van der Waals surface area contributed by atoms with E-state index in [1.807, 2.05) is 31.3 Å². The van der Waals surface area contributed by atoms with Crippen LogP contribution in [0.4, 0.5) is 0 Å². The molecule has 2 heterocycles. The molecule has 0 aliphatic carbocycles. The van der Waals surface area contributed by atoms with Crippen LogP contribution in [0.1, 0.15) is 34.8 Å². The summed E-state index contributed by atoms with van der Waals surface area (Å²) in [5.74, 6) is 1.24. The minimum atomic E-state index is 0.0994. The summed E-state index contributed by atoms with van der Waals surface area (Å²) in [6.07, 6.45) is 3.18. The van der Waals surface area contributed by atoms with Crippen LogP contribution in [0.2, 0.25) is 0 Å². The number of carbonyl (C=O) groups excluding carboxylic acids is 1. The molecule has 4 nitrogen and oxygen atoms in total. The van der Waals surface area contributed by atoms with E-state index in [2.05, 4.69) is 5.10 Å². The van der Waals surface area contributed by atoms with Gasteiger partial charge in [-0.2, -0.15) is 5.10 Å². The van der Waals surface area contributed by atoms with Crippen LogP contribution in [0.3, 0.4) is 0 Å². The number of ketones is 1. The van der Waals surface area contributed by atoms with Gasteiger partial charge in [-0.25, -0.2) is 0 Å². The monoisotopic (exact) mass is 256 g/mol. The summed E-state index contributed by atoms with van der Waals surface area (Å²) < 4.78 is 7.27. The van der Waals surface area contributed by atoms with E-state index in [9.17, 15) is 4.79 Å². The molecule has 1 atom stereocenters. The predicted octanol–water partition coefficient (Wildman–Crippen LogP) is 2.56. The Morgan fingerprint density at radius 2 is 2.26 bits per heavy atom. The molecule has 0 fully saturated rings. The van der Waals surface area contributed by atoms with Crippen molar-refractivity contribution in [3.8, 4) is 5.75 Å². The number of carbonyl (C=O) groups is 1. The van der Waals surface area contributed by atoms with Crippen LogP contribution in [-0.2, 0) is 7.05 Å². The Balaban J connectivity index is 1.79. The second-order valence-electron chi connectivity index (χ2n) is 4.87. The molecule has 0 N–H and O–H groups in total. The second kappa shape index (κ2) is 4.88. The first-order chi connectivity index (χ1) is 9.24. The zero-order valence-electron chi connectivity index (χ0n) is 10.9. The van der Waals surface area contributed by atoms with Crippen LogP contribution in [0.25, 0.3) is 0 Å². The molecule has 2 aromatic rings. The Morgan fingerprint density at radius 1 is 1.42 bits per heavy atom. The first kappa shape index (κ1) is 12.0. The molecule has 1 aromatic heterocycles. The van der Waals surface area contributed by atoms with E-state index < -0.39 is 0 Å². The van der Waals surface area contributed by atoms with Crippen LogP contribution < -0.4 is 4.74 Å². The molecule has 3 rings (SSSR count). The normalized spacial score (nSPS) is 17.6. The van der Waals surface area contributed by atoms with Crippen molar-refractivity contribution in [1.29, 1.82) is 0 Å². The molecule has 1 aliphatic heterocycles. The third kappa shape index (κ3) is 2.38. The summed E-state index contributed by atoms with van der Waals surface area (Å²) in [5, 5.41) is 4.17. The number of aryl methyl sites for hydroxylation is 1. The van der Waals surface area contributed by atoms with Crippen molar-refractivity contribution in [2.75, 3.05) is 6.61 Å². The molecule has 0 saturated carbocycles. The first-order valence-corrected chi connectivity index (χ1v) is 6.48. The van der Waals surface area contributed by atoms with Crippen LogP contribution in [0.5, 0.6) is 5.75 Å². The smallest absolute Gasteiger partial charge is 0.183 e. The van der Waals surface area contributed by atoms with Crippen molar-refractivity contribution in [3.05, 3.63) is 47.8 Å². The van der Waals surface area contributed by atoms with Gasteiger partial charge in [-0.15, -0.1) is 0 Å². The lowest BCUT2D eigenvalue weighted by atomic mass is 9.88. The fourth-order valence-corrected chi connectivity index (χ4v) is 2.52. The molecule has 1 aromatic carbocycles. The number of aromatic nitrogens is 2. The molecule has 0 radical (unpaired) electrons. The van der Waals surface area contributed by atoms with Crippen molar-refractivity contribution >= 4 is 5.78 Å². The Kier molecular flexibility index (Phi) is 3.07. The van der Waals surface area contributed by atoms with Crippen LogP contribution in [0, 0.1) is 0 Å². The SMILES string of the molecule is Cn1ccc(C(=O)CC2CCOc3ccccc32)n1. The summed E-state index contributed by atoms with van der Waals surface area (Å²) in [6.45, 7) is 0.678. The minimum absolute atomic E-state index is 0.0994. The average molecular weight is 256 g/mol. The topological polar surface area (TPSA) is 44.1 Å². The molecular weight excluding hydrogens is 240 g/mol. The molecule has 4 heteroatoms. The number of rotatable bonds is 3. The zero-order valence-corrected chi connectivity index (χ0v) is 10.9. The number of Topliss-reactive ketones (excluding diaryl/α,β-unsaturated/α-hetero) is 1. The van der Waals surface area contributed by atoms with E-state index in [4.69, 9.17) is 4.74 Å². The molecule has 0 amide bonds. The molecule has 0 bridgehead atoms. The number of nitrogens with zero attached hydrogens (tertiary/aromatic N) is 2. The Labute approximate surface area is 112 Å². The van der Waals surface area contributed by atoms with Crippen molar-refractivity contribution in [3.63, 3.8) is 0 Å². The standard InChI is InChI=1S/C15H16N2O2/c1-17-8-6-13(16-17)14(18)10-11-7-9-19-15-5-3-2-4-12(11)15/h2-6,8,11H,7,9-10H2,1H3. The average Bonchev–Trinajstić information content (AvgIpc) is 2.86. The van der Waals surface area contributed by atoms with E-state index in [1.54, 1.807) is 16.9 Å². The van der Waals surface area contributed by atoms with Crippen molar-refractivity contribution in [2.45, 2.75) is 18.8 Å². The highest BCUT2D eigenvalue weighted by molar-refractivity contribution is 5.94. The van der Waals surface area contributed by atoms with Gasteiger partial charge in [0.2, 0.25) is 0 Å². The summed E-state index contributed by atoms with van der Waals surface area (Å²) >= 11 is 0. The highest BCUT2D eigenvalue weighted by Crippen LogP contribution is 2.35. The highest BCUT2D eigenvalue weighted by Gasteiger charge is 2.24. The summed E-state index contributed by atoms with van der Waals surface area (Å²) in [6, 6.07) is 9.73. The van der Waals surface area contributed by atoms with Crippen molar-refractivity contribution in [1.82, 2.24) is 9.78 Å². The molecule has 1 aliphatic rings. The van der Waals surface area contributed by atoms with Crippen molar-refractivity contribution < 1.29 is 9.53 Å². The number of hydrogen-bond acceptors (Lipinski definition) is 3. The van der Waals surface area contributed by atoms with Gasteiger partial charge in [0.1, 0.15) is 11.4 Å². The van der Waals surface area contributed by atoms with E-state index in [0.717, 1.165) is 17.7 Å². The quantitative estimate of drug-likeness (QED) is 0.793. The third-order valence-corrected chi connectivity index (χ3v) is 3.51. The van der Waals surface area contributed by atoms with Gasteiger partial charge in [0.25, 0.3) is 0 Å². The summed E-state index contributed by atoms with van der Waals surface area (Å²) in [5.41, 5.74) is 1.68. The van der Waals surface area contributed by atoms with E-state index in [-0.39, 0.29) is 11.7 Å². The lowest BCUT2D eigenvalue weighted by Crippen LogP contribution is -2.17. The minimum Gasteiger partial charge on any atom is -0.493 e. The van der Waals surface area contributed by atoms with Crippen LogP contribution >= 0.6 is 0 Å². The Morgan fingerprint density at radius 3 is 3.05 bits per heavy atom. The largest absolute Gasteiger partial charge is 0.493 e. The van der Waals surface area contributed by atoms with Gasteiger partial charge in [0.05, 0.1) is 6.61 Å². The molecule has 1 unspecified atom stereocenters.